The Morgan fingerprint density at radius 3 is 2.64 bits per heavy atom. The van der Waals surface area contributed by atoms with Gasteiger partial charge in [0.05, 0.1) is 25.4 Å². The highest BCUT2D eigenvalue weighted by Crippen LogP contribution is 2.44. The van der Waals surface area contributed by atoms with Crippen molar-refractivity contribution in [1.29, 1.82) is 0 Å². The van der Waals surface area contributed by atoms with Crippen LogP contribution in [0.5, 0.6) is 5.75 Å². The zero-order chi connectivity index (χ0) is 19.7. The molecule has 0 N–H and O–H groups in total. The molecule has 2 aliphatic rings. The molecule has 2 aromatic rings. The lowest BCUT2D eigenvalue weighted by Crippen LogP contribution is -2.48. The fourth-order valence-corrected chi connectivity index (χ4v) is 3.91. The first-order chi connectivity index (χ1) is 13.5. The molecule has 0 atom stereocenters. The Balaban J connectivity index is 1.53. The highest BCUT2D eigenvalue weighted by atomic mass is 16.7. The van der Waals surface area contributed by atoms with Crippen molar-refractivity contribution in [3.05, 3.63) is 59.2 Å². The number of aryl methyl sites for hydroxylation is 1. The Morgan fingerprint density at radius 1 is 1.14 bits per heavy atom. The Hall–Kier alpha value is -2.37. The van der Waals surface area contributed by atoms with Gasteiger partial charge in [0.15, 0.2) is 0 Å². The number of fused-ring (bicyclic) bond motifs is 2. The highest BCUT2D eigenvalue weighted by Gasteiger charge is 2.54. The average Bonchev–Trinajstić information content (AvgIpc) is 2.91. The van der Waals surface area contributed by atoms with Gasteiger partial charge < -0.3 is 19.1 Å². The smallest absolute Gasteiger partial charge is 0.292 e. The number of hydrogen-bond donors (Lipinski definition) is 0. The summed E-state index contributed by atoms with van der Waals surface area (Å²) in [7, 11) is 0. The SMILES string of the molecule is Cc1ccc(C(C)C)c(OCCN2C(=O)C3(OCCCO3)c3ccccc32)c1. The summed E-state index contributed by atoms with van der Waals surface area (Å²) in [5.74, 6) is -0.196. The lowest BCUT2D eigenvalue weighted by atomic mass is 10.0. The molecule has 1 saturated heterocycles. The van der Waals surface area contributed by atoms with E-state index in [0.717, 1.165) is 29.0 Å². The summed E-state index contributed by atoms with van der Waals surface area (Å²) in [6.07, 6.45) is 0.797. The van der Waals surface area contributed by atoms with Gasteiger partial charge in [0.1, 0.15) is 12.4 Å². The van der Waals surface area contributed by atoms with Crippen LogP contribution in [-0.4, -0.2) is 32.3 Å². The summed E-state index contributed by atoms with van der Waals surface area (Å²) in [5.41, 5.74) is 3.96. The maximum Gasteiger partial charge on any atom is 0.292 e. The minimum atomic E-state index is -1.29. The molecular weight excluding hydrogens is 354 g/mol. The van der Waals surface area contributed by atoms with Gasteiger partial charge in [0, 0.05) is 5.56 Å². The lowest BCUT2D eigenvalue weighted by molar-refractivity contribution is -0.256. The van der Waals surface area contributed by atoms with E-state index in [9.17, 15) is 4.79 Å². The van der Waals surface area contributed by atoms with Crippen molar-refractivity contribution in [1.82, 2.24) is 0 Å². The number of para-hydroxylation sites is 1. The number of nitrogens with zero attached hydrogens (tertiary/aromatic N) is 1. The van der Waals surface area contributed by atoms with E-state index in [-0.39, 0.29) is 5.91 Å². The van der Waals surface area contributed by atoms with Crippen LogP contribution in [0.2, 0.25) is 0 Å². The summed E-state index contributed by atoms with van der Waals surface area (Å²) in [6, 6.07) is 14.0. The van der Waals surface area contributed by atoms with Crippen LogP contribution in [0.15, 0.2) is 42.5 Å². The second kappa shape index (κ2) is 7.57. The molecule has 1 fully saturated rings. The summed E-state index contributed by atoms with van der Waals surface area (Å²) in [6.45, 7) is 8.24. The van der Waals surface area contributed by atoms with Gasteiger partial charge in [-0.15, -0.1) is 0 Å². The predicted molar refractivity (Wildman–Crippen MR) is 108 cm³/mol. The largest absolute Gasteiger partial charge is 0.491 e. The monoisotopic (exact) mass is 381 g/mol. The van der Waals surface area contributed by atoms with E-state index in [1.54, 1.807) is 4.90 Å². The van der Waals surface area contributed by atoms with Gasteiger partial charge in [0.2, 0.25) is 0 Å². The van der Waals surface area contributed by atoms with Crippen molar-refractivity contribution < 1.29 is 19.0 Å². The van der Waals surface area contributed by atoms with E-state index in [1.807, 2.05) is 24.3 Å². The van der Waals surface area contributed by atoms with Gasteiger partial charge in [-0.05, 0) is 42.5 Å². The molecule has 0 aromatic heterocycles. The lowest BCUT2D eigenvalue weighted by Gasteiger charge is -2.32. The van der Waals surface area contributed by atoms with Crippen molar-refractivity contribution in [2.24, 2.45) is 0 Å². The average molecular weight is 381 g/mol. The molecule has 4 rings (SSSR count). The van der Waals surface area contributed by atoms with Gasteiger partial charge in [-0.25, -0.2) is 0 Å². The summed E-state index contributed by atoms with van der Waals surface area (Å²) in [5, 5.41) is 0. The third-order valence-electron chi connectivity index (χ3n) is 5.34. The molecular formula is C23H27NO4. The van der Waals surface area contributed by atoms with E-state index in [1.165, 1.54) is 5.56 Å². The predicted octanol–water partition coefficient (Wildman–Crippen LogP) is 4.13. The standard InChI is InChI=1S/C23H27NO4/c1-16(2)18-10-9-17(3)15-21(18)26-14-11-24-20-8-5-4-7-19(20)23(22(24)25)27-12-6-13-28-23/h4-5,7-10,15-16H,6,11-14H2,1-3H3. The van der Waals surface area contributed by atoms with Crippen LogP contribution in [0.3, 0.4) is 0 Å². The maximum absolute atomic E-state index is 13.2. The molecule has 5 heteroatoms. The molecule has 0 saturated carbocycles. The molecule has 28 heavy (non-hydrogen) atoms. The normalized spacial score (nSPS) is 18.0. The van der Waals surface area contributed by atoms with Crippen LogP contribution < -0.4 is 9.64 Å². The Labute approximate surface area is 166 Å². The Bertz CT molecular complexity index is 871. The first-order valence-electron chi connectivity index (χ1n) is 9.95. The number of benzene rings is 2. The molecule has 148 valence electrons. The fraction of sp³-hybridized carbons (Fsp3) is 0.435. The van der Waals surface area contributed by atoms with Crippen molar-refractivity contribution in [2.75, 3.05) is 31.3 Å². The number of carbonyl (C=O) groups is 1. The zero-order valence-corrected chi connectivity index (χ0v) is 16.7. The zero-order valence-electron chi connectivity index (χ0n) is 16.7. The summed E-state index contributed by atoms with van der Waals surface area (Å²) >= 11 is 0. The number of hydrogen-bond acceptors (Lipinski definition) is 4. The van der Waals surface area contributed by atoms with Crippen LogP contribution in [0.25, 0.3) is 0 Å². The summed E-state index contributed by atoms with van der Waals surface area (Å²) < 4.78 is 17.8. The second-order valence-electron chi connectivity index (χ2n) is 7.69. The minimum Gasteiger partial charge on any atom is -0.491 e. The highest BCUT2D eigenvalue weighted by molar-refractivity contribution is 6.06. The minimum absolute atomic E-state index is 0.162. The third kappa shape index (κ3) is 3.19. The third-order valence-corrected chi connectivity index (χ3v) is 5.34. The molecule has 0 aliphatic carbocycles. The molecule has 2 aromatic carbocycles. The van der Waals surface area contributed by atoms with Crippen molar-refractivity contribution in [3.63, 3.8) is 0 Å². The summed E-state index contributed by atoms with van der Waals surface area (Å²) in [4.78, 5) is 15.0. The number of ether oxygens (including phenoxy) is 3. The molecule has 2 aliphatic heterocycles. The van der Waals surface area contributed by atoms with E-state index < -0.39 is 5.79 Å². The van der Waals surface area contributed by atoms with Crippen LogP contribution in [0, 0.1) is 6.92 Å². The molecule has 1 amide bonds. The Morgan fingerprint density at radius 2 is 1.89 bits per heavy atom. The first kappa shape index (κ1) is 19.0. The van der Waals surface area contributed by atoms with Crippen molar-refractivity contribution >= 4 is 11.6 Å². The van der Waals surface area contributed by atoms with Crippen LogP contribution in [0.4, 0.5) is 5.69 Å². The van der Waals surface area contributed by atoms with E-state index in [4.69, 9.17) is 14.2 Å². The molecule has 5 nitrogen and oxygen atoms in total. The van der Waals surface area contributed by atoms with Gasteiger partial charge in [-0.3, -0.25) is 4.79 Å². The van der Waals surface area contributed by atoms with E-state index in [0.29, 0.717) is 32.3 Å². The number of amides is 1. The van der Waals surface area contributed by atoms with Crippen molar-refractivity contribution in [2.45, 2.75) is 38.9 Å². The number of rotatable bonds is 5. The van der Waals surface area contributed by atoms with E-state index in [2.05, 4.69) is 39.0 Å². The van der Waals surface area contributed by atoms with Crippen LogP contribution >= 0.6 is 0 Å². The molecule has 0 bridgehead atoms. The van der Waals surface area contributed by atoms with Gasteiger partial charge >= 0.3 is 0 Å². The topological polar surface area (TPSA) is 48.0 Å². The first-order valence-corrected chi connectivity index (χ1v) is 9.95. The van der Waals surface area contributed by atoms with Crippen molar-refractivity contribution in [3.8, 4) is 5.75 Å². The molecule has 0 radical (unpaired) electrons. The van der Waals surface area contributed by atoms with Gasteiger partial charge in [-0.2, -0.15) is 0 Å². The quantitative estimate of drug-likeness (QED) is 0.781. The molecule has 0 unspecified atom stereocenters. The molecule has 1 spiro atoms. The second-order valence-corrected chi connectivity index (χ2v) is 7.69. The van der Waals surface area contributed by atoms with Crippen LogP contribution in [-0.2, 0) is 20.1 Å². The molecule has 2 heterocycles. The number of carbonyl (C=O) groups excluding carboxylic acids is 1. The van der Waals surface area contributed by atoms with E-state index >= 15 is 0 Å². The van der Waals surface area contributed by atoms with Gasteiger partial charge in [-0.1, -0.05) is 44.2 Å². The maximum atomic E-state index is 13.2. The Kier molecular flexibility index (Phi) is 5.13. The fourth-order valence-electron chi connectivity index (χ4n) is 3.91. The number of anilines is 1. The van der Waals surface area contributed by atoms with Crippen LogP contribution in [0.1, 0.15) is 42.9 Å². The van der Waals surface area contributed by atoms with Gasteiger partial charge in [0.25, 0.3) is 11.7 Å².